The van der Waals surface area contributed by atoms with Crippen LogP contribution in [0, 0.1) is 17.6 Å². The van der Waals surface area contributed by atoms with Gasteiger partial charge in [0.1, 0.15) is 17.6 Å². The van der Waals surface area contributed by atoms with Gasteiger partial charge in [-0.1, -0.05) is 0 Å². The molecule has 1 atom stereocenters. The second kappa shape index (κ2) is 8.46. The highest BCUT2D eigenvalue weighted by atomic mass is 19.1. The van der Waals surface area contributed by atoms with Gasteiger partial charge in [0, 0.05) is 60.4 Å². The molecule has 35 heavy (non-hydrogen) atoms. The van der Waals surface area contributed by atoms with Crippen molar-refractivity contribution < 1.29 is 28.3 Å². The van der Waals surface area contributed by atoms with Gasteiger partial charge in [0.25, 0.3) is 5.91 Å². The van der Waals surface area contributed by atoms with E-state index in [1.807, 2.05) is 4.90 Å². The van der Waals surface area contributed by atoms with Gasteiger partial charge in [0.15, 0.2) is 5.82 Å². The number of carbonyl (C=O) groups is 3. The minimum absolute atomic E-state index is 0.0565. The Balaban J connectivity index is 1.39. The third-order valence-corrected chi connectivity index (χ3v) is 7.22. The van der Waals surface area contributed by atoms with E-state index in [0.717, 1.165) is 0 Å². The van der Waals surface area contributed by atoms with Crippen molar-refractivity contribution in [3.8, 4) is 11.3 Å². The summed E-state index contributed by atoms with van der Waals surface area (Å²) >= 11 is 0. The number of pyridine rings is 1. The van der Waals surface area contributed by atoms with Crippen LogP contribution in [0.5, 0.6) is 0 Å². The number of carbonyl (C=O) groups excluding carboxylic acids is 3. The summed E-state index contributed by atoms with van der Waals surface area (Å²) in [6.07, 6.45) is 1.69. The molecule has 3 aliphatic heterocycles. The molecule has 4 heterocycles. The number of imide groups is 1. The Morgan fingerprint density at radius 1 is 1.11 bits per heavy atom. The van der Waals surface area contributed by atoms with Gasteiger partial charge in [-0.25, -0.2) is 8.78 Å². The summed E-state index contributed by atoms with van der Waals surface area (Å²) in [6.45, 7) is 4.93. The highest BCUT2D eigenvalue weighted by Gasteiger charge is 2.41. The van der Waals surface area contributed by atoms with Gasteiger partial charge in [-0.2, -0.15) is 0 Å². The van der Waals surface area contributed by atoms with Crippen molar-refractivity contribution in [2.45, 2.75) is 51.4 Å². The molecule has 184 valence electrons. The van der Waals surface area contributed by atoms with Crippen LogP contribution in [0.2, 0.25) is 0 Å². The minimum Gasteiger partial charge on any atom is -0.390 e. The Morgan fingerprint density at radius 2 is 1.83 bits per heavy atom. The Morgan fingerprint density at radius 3 is 2.51 bits per heavy atom. The average molecular weight is 485 g/mol. The number of hydrogen-bond acceptors (Lipinski definition) is 6. The number of halogens is 2. The first-order chi connectivity index (χ1) is 16.5. The molecule has 2 saturated heterocycles. The van der Waals surface area contributed by atoms with Gasteiger partial charge in [-0.3, -0.25) is 29.6 Å². The first kappa shape index (κ1) is 23.5. The van der Waals surface area contributed by atoms with Crippen molar-refractivity contribution in [2.24, 2.45) is 5.92 Å². The van der Waals surface area contributed by atoms with Crippen LogP contribution in [0.1, 0.15) is 48.2 Å². The fourth-order valence-corrected chi connectivity index (χ4v) is 4.97. The number of piperidine rings is 1. The van der Waals surface area contributed by atoms with E-state index in [1.165, 1.54) is 23.2 Å². The molecule has 0 saturated carbocycles. The Bertz CT molecular complexity index is 1240. The maximum Gasteiger partial charge on any atom is 0.255 e. The minimum atomic E-state index is -0.863. The van der Waals surface area contributed by atoms with Crippen molar-refractivity contribution in [3.63, 3.8) is 0 Å². The van der Waals surface area contributed by atoms with Crippen LogP contribution in [-0.4, -0.2) is 62.3 Å². The summed E-state index contributed by atoms with van der Waals surface area (Å²) in [5, 5.41) is 12.3. The molecule has 3 amide bonds. The van der Waals surface area contributed by atoms with E-state index in [1.54, 1.807) is 19.9 Å². The van der Waals surface area contributed by atoms with Crippen LogP contribution < -0.4 is 5.32 Å². The molecule has 3 aliphatic rings. The van der Waals surface area contributed by atoms with Crippen LogP contribution >= 0.6 is 0 Å². The number of aromatic nitrogens is 1. The van der Waals surface area contributed by atoms with Gasteiger partial charge in [0.05, 0.1) is 12.1 Å². The molecule has 1 aromatic carbocycles. The molecule has 10 heteroatoms. The van der Waals surface area contributed by atoms with E-state index < -0.39 is 41.0 Å². The van der Waals surface area contributed by atoms with E-state index in [4.69, 9.17) is 0 Å². The number of fused-ring (bicyclic) bond motifs is 1. The molecule has 0 spiro atoms. The molecule has 2 N–H and O–H groups in total. The molecule has 5 rings (SSSR count). The number of benzene rings is 1. The molecule has 1 aromatic heterocycles. The van der Waals surface area contributed by atoms with Crippen molar-refractivity contribution in [2.75, 3.05) is 13.1 Å². The highest BCUT2D eigenvalue weighted by molar-refractivity contribution is 6.05. The number of amides is 3. The summed E-state index contributed by atoms with van der Waals surface area (Å²) in [4.78, 5) is 43.9. The van der Waals surface area contributed by atoms with E-state index in [2.05, 4.69) is 10.3 Å². The number of rotatable bonds is 5. The Labute approximate surface area is 200 Å². The zero-order valence-electron chi connectivity index (χ0n) is 19.5. The van der Waals surface area contributed by atoms with Gasteiger partial charge in [0.2, 0.25) is 11.8 Å². The van der Waals surface area contributed by atoms with Crippen LogP contribution in [0.4, 0.5) is 8.78 Å². The molecule has 8 nitrogen and oxygen atoms in total. The van der Waals surface area contributed by atoms with Crippen molar-refractivity contribution in [3.05, 3.63) is 52.7 Å². The van der Waals surface area contributed by atoms with Gasteiger partial charge in [-0.15, -0.1) is 0 Å². The summed E-state index contributed by atoms with van der Waals surface area (Å²) in [5.41, 5.74) is -0.436. The van der Waals surface area contributed by atoms with Crippen molar-refractivity contribution >= 4 is 17.7 Å². The zero-order valence-corrected chi connectivity index (χ0v) is 19.5. The van der Waals surface area contributed by atoms with E-state index in [0.29, 0.717) is 25.2 Å². The average Bonchev–Trinajstić information content (AvgIpc) is 3.08. The highest BCUT2D eigenvalue weighted by Crippen LogP contribution is 2.35. The molecular formula is C25H26F2N4O4. The maximum absolute atomic E-state index is 15.6. The fourth-order valence-electron chi connectivity index (χ4n) is 4.97. The van der Waals surface area contributed by atoms with E-state index in [-0.39, 0.29) is 47.7 Å². The lowest BCUT2D eigenvalue weighted by molar-refractivity contribution is -0.136. The second-order valence-electron chi connectivity index (χ2n) is 10.0. The fraction of sp³-hybridized carbons (Fsp3) is 0.440. The lowest BCUT2D eigenvalue weighted by atomic mass is 9.84. The quantitative estimate of drug-likeness (QED) is 0.630. The predicted octanol–water partition coefficient (Wildman–Crippen LogP) is 1.99. The summed E-state index contributed by atoms with van der Waals surface area (Å²) in [6, 6.07) is 3.45. The SMILES string of the molecule is CC(C)(O)C1CN(Cc2ccnc(-c3ccc4c(c3F)CN(C3CCC(=O)NC3=O)C4=O)c2F)C1. The third-order valence-electron chi connectivity index (χ3n) is 7.22. The van der Waals surface area contributed by atoms with Gasteiger partial charge in [-0.05, 0) is 38.5 Å². The topological polar surface area (TPSA) is 103 Å². The Kier molecular flexibility index (Phi) is 5.68. The lowest BCUT2D eigenvalue weighted by Crippen LogP contribution is -2.55. The van der Waals surface area contributed by atoms with Crippen LogP contribution in [0.15, 0.2) is 24.4 Å². The molecule has 1 unspecified atom stereocenters. The molecule has 0 aliphatic carbocycles. The summed E-state index contributed by atoms with van der Waals surface area (Å²) < 4.78 is 31.0. The van der Waals surface area contributed by atoms with Crippen LogP contribution in [0.3, 0.4) is 0 Å². The second-order valence-corrected chi connectivity index (χ2v) is 10.0. The number of likely N-dealkylation sites (tertiary alicyclic amines) is 1. The van der Waals surface area contributed by atoms with Crippen LogP contribution in [0.25, 0.3) is 11.3 Å². The van der Waals surface area contributed by atoms with E-state index >= 15 is 8.78 Å². The number of hydrogen-bond donors (Lipinski definition) is 2. The third kappa shape index (κ3) is 4.10. The standard InChI is InChI=1S/C25H26F2N4O4/c1-25(2,35)14-10-30(11-14)9-13-7-8-28-22(20(13)26)16-4-3-15-17(21(16)27)12-31(24(15)34)18-5-6-19(32)29-23(18)33/h3-4,7-8,14,18,35H,5-6,9-12H2,1-2H3,(H,29,32,33). The van der Waals surface area contributed by atoms with Crippen LogP contribution in [-0.2, 0) is 22.7 Å². The smallest absolute Gasteiger partial charge is 0.255 e. The lowest BCUT2D eigenvalue weighted by Gasteiger charge is -2.45. The normalized spacial score (nSPS) is 21.2. The maximum atomic E-state index is 15.6. The van der Waals surface area contributed by atoms with Gasteiger partial charge >= 0.3 is 0 Å². The molecule has 2 aromatic rings. The molecular weight excluding hydrogens is 458 g/mol. The first-order valence-corrected chi connectivity index (χ1v) is 11.6. The van der Waals surface area contributed by atoms with Crippen molar-refractivity contribution in [1.29, 1.82) is 0 Å². The largest absolute Gasteiger partial charge is 0.390 e. The number of nitrogens with one attached hydrogen (secondary N) is 1. The van der Waals surface area contributed by atoms with Crippen molar-refractivity contribution in [1.82, 2.24) is 20.1 Å². The van der Waals surface area contributed by atoms with E-state index in [9.17, 15) is 19.5 Å². The molecule has 0 bridgehead atoms. The first-order valence-electron chi connectivity index (χ1n) is 11.6. The zero-order chi connectivity index (χ0) is 25.1. The van der Waals surface area contributed by atoms with Gasteiger partial charge < -0.3 is 10.0 Å². The monoisotopic (exact) mass is 484 g/mol. The summed E-state index contributed by atoms with van der Waals surface area (Å²) in [5.74, 6) is -2.77. The predicted molar refractivity (Wildman–Crippen MR) is 121 cm³/mol. The Hall–Kier alpha value is -3.24. The molecule has 0 radical (unpaired) electrons. The number of nitrogens with zero attached hydrogens (tertiary/aromatic N) is 3. The molecule has 2 fully saturated rings. The number of aliphatic hydroxyl groups is 1. The summed E-state index contributed by atoms with van der Waals surface area (Å²) in [7, 11) is 0.